The summed E-state index contributed by atoms with van der Waals surface area (Å²) in [5.74, 6) is 1.02. The highest BCUT2D eigenvalue weighted by Crippen LogP contribution is 2.11. The van der Waals surface area contributed by atoms with Crippen molar-refractivity contribution in [2.24, 2.45) is 5.92 Å². The molecule has 7 heteroatoms. The molecular formula is C10H18BrN3O2S. The zero-order chi connectivity index (χ0) is 13.1. The Morgan fingerprint density at radius 2 is 2.18 bits per heavy atom. The van der Waals surface area contributed by atoms with Crippen LogP contribution in [0.4, 0.5) is 0 Å². The molecule has 0 radical (unpaired) electrons. The summed E-state index contributed by atoms with van der Waals surface area (Å²) >= 11 is 3.32. The van der Waals surface area contributed by atoms with Gasteiger partial charge < -0.3 is 4.98 Å². The van der Waals surface area contributed by atoms with Crippen molar-refractivity contribution < 1.29 is 8.42 Å². The van der Waals surface area contributed by atoms with Crippen molar-refractivity contribution in [3.8, 4) is 0 Å². The molecule has 0 bridgehead atoms. The number of halogens is 1. The Bertz CT molecular complexity index is 456. The first kappa shape index (κ1) is 14.7. The molecule has 1 rings (SSSR count). The second-order valence-electron chi connectivity index (χ2n) is 4.43. The average Bonchev–Trinajstić information content (AvgIpc) is 2.63. The molecule has 1 heterocycles. The maximum Gasteiger partial charge on any atom is 0.257 e. The summed E-state index contributed by atoms with van der Waals surface area (Å²) < 4.78 is 26.6. The molecule has 98 valence electrons. The van der Waals surface area contributed by atoms with Crippen molar-refractivity contribution in [2.45, 2.75) is 38.3 Å². The molecule has 17 heavy (non-hydrogen) atoms. The molecule has 1 unspecified atom stereocenters. The van der Waals surface area contributed by atoms with Crippen LogP contribution < -0.4 is 4.72 Å². The highest BCUT2D eigenvalue weighted by Gasteiger charge is 2.21. The van der Waals surface area contributed by atoms with Gasteiger partial charge in [0.1, 0.15) is 5.82 Å². The van der Waals surface area contributed by atoms with Gasteiger partial charge in [-0.05, 0) is 19.3 Å². The number of H-pyrrole nitrogens is 1. The minimum absolute atomic E-state index is 0.108. The summed E-state index contributed by atoms with van der Waals surface area (Å²) in [6.07, 6.45) is 2.12. The van der Waals surface area contributed by atoms with Gasteiger partial charge in [0.25, 0.3) is 10.0 Å². The summed E-state index contributed by atoms with van der Waals surface area (Å²) in [5, 5.41) is 0.710. The topological polar surface area (TPSA) is 74.8 Å². The van der Waals surface area contributed by atoms with Crippen LogP contribution in [0.5, 0.6) is 0 Å². The molecule has 1 atom stereocenters. The fourth-order valence-electron chi connectivity index (χ4n) is 1.53. The molecule has 0 saturated heterocycles. The number of nitrogens with one attached hydrogen (secondary N) is 2. The van der Waals surface area contributed by atoms with E-state index < -0.39 is 10.0 Å². The number of hydrogen-bond acceptors (Lipinski definition) is 3. The predicted octanol–water partition coefficient (Wildman–Crippen LogP) is 1.81. The van der Waals surface area contributed by atoms with Gasteiger partial charge in [-0.2, -0.15) is 0 Å². The average molecular weight is 324 g/mol. The van der Waals surface area contributed by atoms with Crippen LogP contribution in [-0.2, 0) is 10.0 Å². The minimum Gasteiger partial charge on any atom is -0.332 e. The summed E-state index contributed by atoms with van der Waals surface area (Å²) in [6, 6.07) is -0.108. The van der Waals surface area contributed by atoms with Gasteiger partial charge in [0.05, 0.1) is 6.20 Å². The molecule has 1 aromatic rings. The fraction of sp³-hybridized carbons (Fsp3) is 0.700. The molecule has 0 spiro atoms. The molecular weight excluding hydrogens is 306 g/mol. The van der Waals surface area contributed by atoms with Crippen molar-refractivity contribution >= 4 is 26.0 Å². The van der Waals surface area contributed by atoms with Crippen LogP contribution in [0.25, 0.3) is 0 Å². The molecule has 0 aliphatic carbocycles. The monoisotopic (exact) mass is 323 g/mol. The highest BCUT2D eigenvalue weighted by molar-refractivity contribution is 9.09. The van der Waals surface area contributed by atoms with E-state index >= 15 is 0 Å². The smallest absolute Gasteiger partial charge is 0.257 e. The Labute approximate surface area is 111 Å². The Hall–Kier alpha value is -0.400. The lowest BCUT2D eigenvalue weighted by molar-refractivity contribution is 0.487. The Balaban J connectivity index is 2.78. The molecule has 0 saturated carbocycles. The van der Waals surface area contributed by atoms with Crippen molar-refractivity contribution in [1.29, 1.82) is 0 Å². The van der Waals surface area contributed by atoms with E-state index in [0.29, 0.717) is 17.1 Å². The largest absolute Gasteiger partial charge is 0.332 e. The highest BCUT2D eigenvalue weighted by atomic mass is 79.9. The van der Waals surface area contributed by atoms with E-state index in [1.54, 1.807) is 6.92 Å². The van der Waals surface area contributed by atoms with Gasteiger partial charge in [0.2, 0.25) is 0 Å². The second kappa shape index (κ2) is 5.97. The van der Waals surface area contributed by atoms with Crippen LogP contribution in [0, 0.1) is 12.8 Å². The van der Waals surface area contributed by atoms with Gasteiger partial charge in [-0.15, -0.1) is 0 Å². The number of nitrogens with zero attached hydrogens (tertiary/aromatic N) is 1. The molecule has 1 aromatic heterocycles. The summed E-state index contributed by atoms with van der Waals surface area (Å²) in [6.45, 7) is 5.84. The number of alkyl halides is 1. The van der Waals surface area contributed by atoms with Crippen molar-refractivity contribution in [3.05, 3.63) is 12.0 Å². The van der Waals surface area contributed by atoms with Crippen LogP contribution in [-0.4, -0.2) is 29.8 Å². The van der Waals surface area contributed by atoms with E-state index in [1.807, 2.05) is 0 Å². The SMILES string of the molecule is Cc1ncc(S(=O)(=O)NC(CBr)CC(C)C)[nH]1. The number of imidazole rings is 1. The minimum atomic E-state index is -3.49. The Kier molecular flexibility index (Phi) is 5.15. The van der Waals surface area contributed by atoms with Crippen LogP contribution in [0.2, 0.25) is 0 Å². The normalized spacial score (nSPS) is 14.2. The van der Waals surface area contributed by atoms with Crippen LogP contribution in [0.1, 0.15) is 26.1 Å². The van der Waals surface area contributed by atoms with E-state index in [4.69, 9.17) is 0 Å². The van der Waals surface area contributed by atoms with E-state index in [-0.39, 0.29) is 11.1 Å². The van der Waals surface area contributed by atoms with Crippen LogP contribution >= 0.6 is 15.9 Å². The molecule has 0 aliphatic rings. The zero-order valence-corrected chi connectivity index (χ0v) is 12.6. The fourth-order valence-corrected chi connectivity index (χ4v) is 3.39. The van der Waals surface area contributed by atoms with E-state index in [2.05, 4.69) is 44.5 Å². The number of aromatic amines is 1. The lowest BCUT2D eigenvalue weighted by Crippen LogP contribution is -2.37. The van der Waals surface area contributed by atoms with E-state index in [1.165, 1.54) is 6.20 Å². The van der Waals surface area contributed by atoms with Crippen LogP contribution in [0.3, 0.4) is 0 Å². The zero-order valence-electron chi connectivity index (χ0n) is 10.2. The number of aromatic nitrogens is 2. The van der Waals surface area contributed by atoms with Gasteiger partial charge in [-0.3, -0.25) is 0 Å². The third-order valence-electron chi connectivity index (χ3n) is 2.23. The Morgan fingerprint density at radius 1 is 1.53 bits per heavy atom. The first-order valence-electron chi connectivity index (χ1n) is 5.45. The van der Waals surface area contributed by atoms with Crippen molar-refractivity contribution in [3.63, 3.8) is 0 Å². The predicted molar refractivity (Wildman–Crippen MR) is 70.7 cm³/mol. The number of sulfonamides is 1. The van der Waals surface area contributed by atoms with Gasteiger partial charge in [-0.1, -0.05) is 29.8 Å². The number of aryl methyl sites for hydroxylation is 1. The second-order valence-corrected chi connectivity index (χ2v) is 6.76. The number of hydrogen-bond donors (Lipinski definition) is 2. The van der Waals surface area contributed by atoms with E-state index in [0.717, 1.165) is 6.42 Å². The van der Waals surface area contributed by atoms with E-state index in [9.17, 15) is 8.42 Å². The van der Waals surface area contributed by atoms with Gasteiger partial charge in [0, 0.05) is 11.4 Å². The summed E-state index contributed by atoms with van der Waals surface area (Å²) in [7, 11) is -3.49. The standard InChI is InChI=1S/C10H18BrN3O2S/c1-7(2)4-9(5-11)14-17(15,16)10-6-12-8(3)13-10/h6-7,9,14H,4-5H2,1-3H3,(H,12,13). The quantitative estimate of drug-likeness (QED) is 0.784. The number of rotatable bonds is 6. The lowest BCUT2D eigenvalue weighted by Gasteiger charge is -2.17. The first-order valence-corrected chi connectivity index (χ1v) is 8.05. The van der Waals surface area contributed by atoms with Gasteiger partial charge in [-0.25, -0.2) is 18.1 Å². The summed E-state index contributed by atoms with van der Waals surface area (Å²) in [4.78, 5) is 6.61. The molecule has 0 aromatic carbocycles. The Morgan fingerprint density at radius 3 is 2.59 bits per heavy atom. The van der Waals surface area contributed by atoms with Gasteiger partial charge in [0.15, 0.2) is 5.03 Å². The maximum atomic E-state index is 12.0. The summed E-state index contributed by atoms with van der Waals surface area (Å²) in [5.41, 5.74) is 0. The van der Waals surface area contributed by atoms with Crippen molar-refractivity contribution in [2.75, 3.05) is 5.33 Å². The molecule has 2 N–H and O–H groups in total. The van der Waals surface area contributed by atoms with Crippen LogP contribution in [0.15, 0.2) is 11.2 Å². The van der Waals surface area contributed by atoms with Crippen molar-refractivity contribution in [1.82, 2.24) is 14.7 Å². The lowest BCUT2D eigenvalue weighted by atomic mass is 10.1. The molecule has 0 amide bonds. The molecule has 0 aliphatic heterocycles. The third-order valence-corrected chi connectivity index (χ3v) is 4.44. The van der Waals surface area contributed by atoms with Gasteiger partial charge >= 0.3 is 0 Å². The first-order chi connectivity index (χ1) is 7.85. The maximum absolute atomic E-state index is 12.0. The third kappa shape index (κ3) is 4.40. The molecule has 0 fully saturated rings. The molecule has 5 nitrogen and oxygen atoms in total.